The maximum atomic E-state index is 16.3. The van der Waals surface area contributed by atoms with Gasteiger partial charge in [0, 0.05) is 5.56 Å². The van der Waals surface area contributed by atoms with E-state index in [4.69, 9.17) is 0 Å². The summed E-state index contributed by atoms with van der Waals surface area (Å²) in [6.45, 7) is 0. The molecule has 0 saturated carbocycles. The lowest BCUT2D eigenvalue weighted by molar-refractivity contribution is 0.371. The van der Waals surface area contributed by atoms with Crippen LogP contribution >= 0.6 is 0 Å². The molecule has 8 aromatic carbocycles. The van der Waals surface area contributed by atoms with Crippen LogP contribution in [0.1, 0.15) is 0 Å². The van der Waals surface area contributed by atoms with Gasteiger partial charge in [-0.15, -0.1) is 0 Å². The normalized spacial score (nSPS) is 11.9. The predicted molar refractivity (Wildman–Crippen MR) is 180 cm³/mol. The van der Waals surface area contributed by atoms with Gasteiger partial charge in [-0.25, -0.2) is 110 Å². The lowest BCUT2D eigenvalue weighted by Gasteiger charge is -2.24. The molecule has 0 aromatic heterocycles. The summed E-state index contributed by atoms with van der Waals surface area (Å²) < 4.78 is 420. The molecule has 0 bridgehead atoms. The zero-order chi connectivity index (χ0) is 52.1. The Bertz CT molecular complexity index is 3560. The van der Waals surface area contributed by atoms with Gasteiger partial charge in [0.1, 0.15) is 23.3 Å². The van der Waals surface area contributed by atoms with Crippen LogP contribution in [0.15, 0.2) is 0 Å². The number of hydrogen-bond acceptors (Lipinski definition) is 2. The van der Waals surface area contributed by atoms with Crippen molar-refractivity contribution in [2.75, 3.05) is 0 Å². The van der Waals surface area contributed by atoms with E-state index in [0.29, 0.717) is 0 Å². The molecule has 0 aliphatic rings. The third-order valence-electron chi connectivity index (χ3n) is 10.3. The molecule has 0 fully saturated rings. The Hall–Kier alpha value is -7.43. The summed E-state index contributed by atoms with van der Waals surface area (Å²) in [7, 11) is -4.76. The van der Waals surface area contributed by atoms with Crippen LogP contribution in [0.3, 0.4) is 0 Å². The van der Waals surface area contributed by atoms with Crippen LogP contribution in [0.4, 0.5) is 119 Å². The molecule has 0 spiro atoms. The van der Waals surface area contributed by atoms with Gasteiger partial charge in [0.05, 0.1) is 54.1 Å². The standard InChI is InChI=1S/C40BF27O2/c42-12-3-5(21(51)29(59)27(57)19(3)49)14(44)9-7(12)23(53)33(63)37(67)39(9)69-41(11-1(16(46)26(56)35(65)25(11)55)2-17(47)31(61)36(66)32(62)18(2)48)70-40-10-8(24(54)34(64)38(40)68)13(43)4-6(15(10)45)22(52)30(60)28(58)20(4)50. The first-order chi connectivity index (χ1) is 32.6. The summed E-state index contributed by atoms with van der Waals surface area (Å²) >= 11 is 0. The fraction of sp³-hybridized carbons (Fsp3) is 0. The summed E-state index contributed by atoms with van der Waals surface area (Å²) in [5, 5.41) is -21.4. The summed E-state index contributed by atoms with van der Waals surface area (Å²) in [5.74, 6) is -93.6. The molecule has 0 unspecified atom stereocenters. The molecule has 364 valence electrons. The van der Waals surface area contributed by atoms with E-state index in [2.05, 4.69) is 9.31 Å². The monoisotopic (exact) mass is 1040 g/mol. The van der Waals surface area contributed by atoms with Gasteiger partial charge in [0.2, 0.25) is 17.5 Å². The SMILES string of the molecule is Fc1c(F)c(F)c(-c2c(F)c(F)c(F)c(F)c2B(Oc2c(F)c(F)c(F)c3c(F)c4c(F)c(F)c(F)c(F)c4c(F)c23)Oc2c(F)c(F)c(F)c3c(F)c4c(F)c(F)c(F)c(F)c4c(F)c23)c(F)c1F. The van der Waals surface area contributed by atoms with E-state index < -0.39 is 235 Å². The zero-order valence-corrected chi connectivity index (χ0v) is 31.6. The first-order valence-electron chi connectivity index (χ1n) is 17.5. The van der Waals surface area contributed by atoms with Crippen LogP contribution < -0.4 is 14.8 Å². The molecule has 0 aliphatic carbocycles. The highest BCUT2D eigenvalue weighted by molar-refractivity contribution is 6.65. The smallest absolute Gasteiger partial charge is 0.519 e. The van der Waals surface area contributed by atoms with Gasteiger partial charge in [-0.2, -0.15) is 8.78 Å². The van der Waals surface area contributed by atoms with E-state index >= 15 is 74.6 Å². The van der Waals surface area contributed by atoms with Crippen LogP contribution in [0, 0.1) is 157 Å². The zero-order valence-electron chi connectivity index (χ0n) is 31.6. The van der Waals surface area contributed by atoms with Gasteiger partial charge in [-0.1, -0.05) is 0 Å². The fourth-order valence-electron chi connectivity index (χ4n) is 7.21. The average Bonchev–Trinajstić information content (AvgIpc) is 3.32. The number of rotatable bonds is 6. The highest BCUT2D eigenvalue weighted by Crippen LogP contribution is 2.47. The van der Waals surface area contributed by atoms with Gasteiger partial charge in [0.25, 0.3) is 0 Å². The van der Waals surface area contributed by atoms with Gasteiger partial charge >= 0.3 is 7.12 Å². The first-order valence-corrected chi connectivity index (χ1v) is 17.5. The van der Waals surface area contributed by atoms with Gasteiger partial charge < -0.3 is 9.31 Å². The number of hydrogen-bond donors (Lipinski definition) is 0. The van der Waals surface area contributed by atoms with E-state index in [1.807, 2.05) is 0 Å². The van der Waals surface area contributed by atoms with E-state index in [9.17, 15) is 43.9 Å². The number of fused-ring (bicyclic) bond motifs is 4. The Kier molecular flexibility index (Phi) is 11.4. The van der Waals surface area contributed by atoms with Crippen LogP contribution in [0.25, 0.3) is 54.2 Å². The predicted octanol–water partition coefficient (Wildman–Crippen LogP) is 13.6. The second kappa shape index (κ2) is 16.3. The molecule has 0 saturated heterocycles. The van der Waals surface area contributed by atoms with Crippen molar-refractivity contribution in [1.82, 2.24) is 0 Å². The number of halogens is 27. The summed E-state index contributed by atoms with van der Waals surface area (Å²) in [5.41, 5.74) is -9.42. The summed E-state index contributed by atoms with van der Waals surface area (Å²) in [6, 6.07) is 0. The maximum Gasteiger partial charge on any atom is 0.636 e. The second-order valence-corrected chi connectivity index (χ2v) is 13.9. The molecule has 0 radical (unpaired) electrons. The second-order valence-electron chi connectivity index (χ2n) is 13.9. The average molecular weight is 1040 g/mol. The molecule has 0 atom stereocenters. The Labute approximate surface area is 363 Å². The molecular formula is C40BF27O2. The largest absolute Gasteiger partial charge is 0.636 e. The molecule has 30 heteroatoms. The molecule has 70 heavy (non-hydrogen) atoms. The Morgan fingerprint density at radius 2 is 0.371 bits per heavy atom. The highest BCUT2D eigenvalue weighted by atomic mass is 19.2. The number of benzene rings is 8. The highest BCUT2D eigenvalue weighted by Gasteiger charge is 2.46. The van der Waals surface area contributed by atoms with E-state index in [1.54, 1.807) is 0 Å². The molecule has 2 nitrogen and oxygen atoms in total. The molecule has 0 aliphatic heterocycles. The molecule has 8 rings (SSSR count). The van der Waals surface area contributed by atoms with Crippen molar-refractivity contribution in [3.8, 4) is 22.6 Å². The minimum absolute atomic E-state index is 2.55. The molecule has 0 heterocycles. The topological polar surface area (TPSA) is 18.5 Å². The van der Waals surface area contributed by atoms with Crippen LogP contribution in [-0.4, -0.2) is 7.12 Å². The summed E-state index contributed by atoms with van der Waals surface area (Å²) in [4.78, 5) is 0. The Balaban J connectivity index is 1.61. The van der Waals surface area contributed by atoms with Gasteiger partial charge in [-0.05, 0) is 0 Å². The Morgan fingerprint density at radius 1 is 0.171 bits per heavy atom. The van der Waals surface area contributed by atoms with Crippen LogP contribution in [-0.2, 0) is 0 Å². The van der Waals surface area contributed by atoms with Crippen LogP contribution in [0.2, 0.25) is 0 Å². The van der Waals surface area contributed by atoms with E-state index in [0.717, 1.165) is 0 Å². The maximum absolute atomic E-state index is 16.3. The van der Waals surface area contributed by atoms with E-state index in [1.165, 1.54) is 0 Å². The van der Waals surface area contributed by atoms with Crippen molar-refractivity contribution >= 4 is 55.7 Å². The molecular weight excluding hydrogens is 1040 g/mol. The van der Waals surface area contributed by atoms with Crippen molar-refractivity contribution in [3.63, 3.8) is 0 Å². The van der Waals surface area contributed by atoms with Crippen molar-refractivity contribution in [3.05, 3.63) is 157 Å². The molecule has 0 amide bonds. The lowest BCUT2D eigenvalue weighted by atomic mass is 9.72. The van der Waals surface area contributed by atoms with Crippen LogP contribution in [0.5, 0.6) is 11.5 Å². The van der Waals surface area contributed by atoms with Crippen molar-refractivity contribution in [2.45, 2.75) is 0 Å². The first kappa shape index (κ1) is 49.0. The Morgan fingerprint density at radius 3 is 0.671 bits per heavy atom. The summed E-state index contributed by atoms with van der Waals surface area (Å²) in [6.07, 6.45) is 0. The van der Waals surface area contributed by atoms with Gasteiger partial charge in [0.15, 0.2) is 128 Å². The fourth-order valence-corrected chi connectivity index (χ4v) is 7.21. The minimum Gasteiger partial charge on any atom is -0.519 e. The van der Waals surface area contributed by atoms with Crippen molar-refractivity contribution in [1.29, 1.82) is 0 Å². The molecule has 8 aromatic rings. The van der Waals surface area contributed by atoms with Gasteiger partial charge in [-0.3, -0.25) is 0 Å². The third-order valence-corrected chi connectivity index (χ3v) is 10.3. The molecule has 0 N–H and O–H groups in total. The lowest BCUT2D eigenvalue weighted by Crippen LogP contribution is -2.47. The van der Waals surface area contributed by atoms with Crippen molar-refractivity contribution < 1.29 is 128 Å². The quantitative estimate of drug-likeness (QED) is 0.0543. The third kappa shape index (κ3) is 6.31. The van der Waals surface area contributed by atoms with E-state index in [-0.39, 0.29) is 0 Å². The minimum atomic E-state index is -4.76. The van der Waals surface area contributed by atoms with Crippen molar-refractivity contribution in [2.24, 2.45) is 0 Å².